The number of benzene rings is 1. The third-order valence-electron chi connectivity index (χ3n) is 3.54. The first-order chi connectivity index (χ1) is 10.7. The molecule has 1 unspecified atom stereocenters. The Morgan fingerprint density at radius 2 is 2.08 bits per heavy atom. The van der Waals surface area contributed by atoms with Crippen molar-refractivity contribution in [1.29, 1.82) is 0 Å². The molecule has 0 aromatic heterocycles. The molecule has 1 aromatic carbocycles. The molecular formula is C14H16Cl3F2N3O2. The van der Waals surface area contributed by atoms with Crippen molar-refractivity contribution in [2.45, 2.75) is 12.3 Å². The molecule has 2 rings (SSSR count). The van der Waals surface area contributed by atoms with E-state index >= 15 is 0 Å². The van der Waals surface area contributed by atoms with Crippen molar-refractivity contribution in [1.82, 2.24) is 5.32 Å². The molecule has 0 spiro atoms. The van der Waals surface area contributed by atoms with Gasteiger partial charge in [0, 0.05) is 11.6 Å². The molecule has 1 saturated heterocycles. The summed E-state index contributed by atoms with van der Waals surface area (Å²) >= 11 is 11.9. The number of anilines is 1. The molecule has 10 heteroatoms. The largest absolute Gasteiger partial charge is 0.349 e. The summed E-state index contributed by atoms with van der Waals surface area (Å²) in [5.74, 6) is -5.47. The highest BCUT2D eigenvalue weighted by Crippen LogP contribution is 2.33. The number of nitrogens with zero attached hydrogens (tertiary/aromatic N) is 1. The lowest BCUT2D eigenvalue weighted by atomic mass is 10.1. The van der Waals surface area contributed by atoms with Crippen molar-refractivity contribution < 1.29 is 18.4 Å². The lowest BCUT2D eigenvalue weighted by molar-refractivity contribution is -0.133. The van der Waals surface area contributed by atoms with Gasteiger partial charge in [0.05, 0.1) is 23.8 Å². The number of carbonyl (C=O) groups is 2. The minimum Gasteiger partial charge on any atom is -0.349 e. The predicted molar refractivity (Wildman–Crippen MR) is 91.2 cm³/mol. The molecule has 1 aliphatic heterocycles. The fraction of sp³-hybridized carbons (Fsp3) is 0.429. The van der Waals surface area contributed by atoms with E-state index in [2.05, 4.69) is 5.32 Å². The van der Waals surface area contributed by atoms with Gasteiger partial charge >= 0.3 is 0 Å². The van der Waals surface area contributed by atoms with Gasteiger partial charge in [-0.15, -0.1) is 12.4 Å². The Bertz CT molecular complexity index is 631. The molecule has 0 aliphatic carbocycles. The van der Waals surface area contributed by atoms with Crippen LogP contribution in [0.2, 0.25) is 10.0 Å². The van der Waals surface area contributed by atoms with Gasteiger partial charge in [-0.3, -0.25) is 9.59 Å². The maximum Gasteiger partial charge on any atom is 0.277 e. The highest BCUT2D eigenvalue weighted by Gasteiger charge is 2.39. The van der Waals surface area contributed by atoms with Crippen LogP contribution < -0.4 is 16.0 Å². The molecule has 0 saturated carbocycles. The highest BCUT2D eigenvalue weighted by atomic mass is 35.5. The molecule has 1 aromatic rings. The van der Waals surface area contributed by atoms with Crippen LogP contribution >= 0.6 is 35.6 Å². The maximum atomic E-state index is 13.1. The third kappa shape index (κ3) is 4.69. The Morgan fingerprint density at radius 1 is 1.42 bits per heavy atom. The van der Waals surface area contributed by atoms with Crippen LogP contribution in [-0.2, 0) is 9.59 Å². The summed E-state index contributed by atoms with van der Waals surface area (Å²) in [6, 6.07) is 4.64. The summed E-state index contributed by atoms with van der Waals surface area (Å²) in [5, 5.41) is 2.78. The number of nitrogens with two attached hydrogens (primary N) is 1. The van der Waals surface area contributed by atoms with Crippen LogP contribution in [0.3, 0.4) is 0 Å². The fourth-order valence-corrected chi connectivity index (χ4v) is 2.65. The smallest absolute Gasteiger partial charge is 0.277 e. The number of rotatable bonds is 5. The molecule has 2 amide bonds. The van der Waals surface area contributed by atoms with Crippen molar-refractivity contribution in [2.24, 2.45) is 11.7 Å². The van der Waals surface area contributed by atoms with Crippen LogP contribution in [0.5, 0.6) is 0 Å². The Morgan fingerprint density at radius 3 is 2.71 bits per heavy atom. The molecule has 1 atom stereocenters. The first-order valence-corrected chi connectivity index (χ1v) is 7.63. The fourth-order valence-electron chi connectivity index (χ4n) is 2.27. The van der Waals surface area contributed by atoms with Crippen molar-refractivity contribution in [3.05, 3.63) is 28.2 Å². The van der Waals surface area contributed by atoms with E-state index in [0.717, 1.165) is 0 Å². The van der Waals surface area contributed by atoms with E-state index in [4.69, 9.17) is 28.9 Å². The lowest BCUT2D eigenvalue weighted by Gasteiger charge is -2.19. The standard InChI is InChI=1S/C14H15Cl2F2N3O2.ClH/c15-8-1-2-10(16)11(5-8)21-4-3-9(13(21)23)12(22)20-7-14(17,18)6-19;/h1-2,5,9H,3-4,6-7,19H2,(H,20,22);1H. The molecule has 0 radical (unpaired) electrons. The Hall–Kier alpha value is -1.15. The van der Waals surface area contributed by atoms with Crippen LogP contribution in [0.25, 0.3) is 0 Å². The summed E-state index contributed by atoms with van der Waals surface area (Å²) in [7, 11) is 0. The topological polar surface area (TPSA) is 75.4 Å². The molecule has 1 heterocycles. The molecule has 0 bridgehead atoms. The minimum atomic E-state index is -3.20. The Kier molecular flexibility index (Phi) is 7.22. The number of amides is 2. The van der Waals surface area contributed by atoms with E-state index in [-0.39, 0.29) is 25.4 Å². The minimum absolute atomic E-state index is 0. The summed E-state index contributed by atoms with van der Waals surface area (Å²) in [5.41, 5.74) is 5.29. The van der Waals surface area contributed by atoms with Gasteiger partial charge < -0.3 is 16.0 Å². The van der Waals surface area contributed by atoms with E-state index in [9.17, 15) is 18.4 Å². The number of alkyl halides is 2. The average molecular weight is 403 g/mol. The van der Waals surface area contributed by atoms with E-state index in [1.54, 1.807) is 12.1 Å². The molecular weight excluding hydrogens is 387 g/mol. The monoisotopic (exact) mass is 401 g/mol. The van der Waals surface area contributed by atoms with Crippen molar-refractivity contribution in [3.8, 4) is 0 Å². The molecule has 24 heavy (non-hydrogen) atoms. The number of nitrogens with one attached hydrogen (secondary N) is 1. The molecule has 1 aliphatic rings. The lowest BCUT2D eigenvalue weighted by Crippen LogP contribution is -2.45. The van der Waals surface area contributed by atoms with Gasteiger partial charge in [0.2, 0.25) is 11.8 Å². The Labute approximate surface area is 153 Å². The van der Waals surface area contributed by atoms with Crippen LogP contribution in [0, 0.1) is 5.92 Å². The summed E-state index contributed by atoms with van der Waals surface area (Å²) < 4.78 is 26.1. The van der Waals surface area contributed by atoms with Crippen molar-refractivity contribution >= 4 is 53.1 Å². The van der Waals surface area contributed by atoms with E-state index in [1.165, 1.54) is 11.0 Å². The van der Waals surface area contributed by atoms with Crippen LogP contribution in [0.15, 0.2) is 18.2 Å². The van der Waals surface area contributed by atoms with Gasteiger partial charge in [0.25, 0.3) is 5.92 Å². The molecule has 3 N–H and O–H groups in total. The predicted octanol–water partition coefficient (Wildman–Crippen LogP) is 2.48. The van der Waals surface area contributed by atoms with Gasteiger partial charge in [0.15, 0.2) is 0 Å². The van der Waals surface area contributed by atoms with Crippen LogP contribution in [0.1, 0.15) is 6.42 Å². The second kappa shape index (κ2) is 8.29. The molecule has 1 fully saturated rings. The van der Waals surface area contributed by atoms with Crippen molar-refractivity contribution in [2.75, 3.05) is 24.5 Å². The molecule has 134 valence electrons. The first-order valence-electron chi connectivity index (χ1n) is 6.87. The third-order valence-corrected chi connectivity index (χ3v) is 4.10. The summed E-state index contributed by atoms with van der Waals surface area (Å²) in [6.45, 7) is -1.52. The second-order valence-corrected chi connectivity index (χ2v) is 6.05. The average Bonchev–Trinajstić information content (AvgIpc) is 2.89. The van der Waals surface area contributed by atoms with Gasteiger partial charge in [0.1, 0.15) is 5.92 Å². The summed E-state index contributed by atoms with van der Waals surface area (Å²) in [6.07, 6.45) is 0.210. The zero-order valence-electron chi connectivity index (χ0n) is 12.4. The van der Waals surface area contributed by atoms with E-state index < -0.39 is 36.7 Å². The quantitative estimate of drug-likeness (QED) is 0.743. The number of hydrogen-bond acceptors (Lipinski definition) is 3. The van der Waals surface area contributed by atoms with E-state index in [0.29, 0.717) is 15.7 Å². The maximum absolute atomic E-state index is 13.1. The van der Waals surface area contributed by atoms with Crippen LogP contribution in [0.4, 0.5) is 14.5 Å². The SMILES string of the molecule is Cl.NCC(F)(F)CNC(=O)C1CCN(c2cc(Cl)ccc2Cl)C1=O. The van der Waals surface area contributed by atoms with Gasteiger partial charge in [-0.05, 0) is 24.6 Å². The second-order valence-electron chi connectivity index (χ2n) is 5.20. The summed E-state index contributed by atoms with van der Waals surface area (Å²) in [4.78, 5) is 25.6. The number of hydrogen-bond donors (Lipinski definition) is 2. The van der Waals surface area contributed by atoms with E-state index in [1.807, 2.05) is 0 Å². The zero-order chi connectivity index (χ0) is 17.2. The molecule has 5 nitrogen and oxygen atoms in total. The number of halogens is 5. The van der Waals surface area contributed by atoms with Crippen molar-refractivity contribution in [3.63, 3.8) is 0 Å². The normalized spacial score (nSPS) is 17.6. The Balaban J connectivity index is 0.00000288. The first kappa shape index (κ1) is 20.9. The van der Waals surface area contributed by atoms with Crippen LogP contribution in [-0.4, -0.2) is 37.4 Å². The zero-order valence-corrected chi connectivity index (χ0v) is 14.7. The van der Waals surface area contributed by atoms with Gasteiger partial charge in [-0.25, -0.2) is 8.78 Å². The highest BCUT2D eigenvalue weighted by molar-refractivity contribution is 6.36. The van der Waals surface area contributed by atoms with Gasteiger partial charge in [-0.2, -0.15) is 0 Å². The van der Waals surface area contributed by atoms with Gasteiger partial charge in [-0.1, -0.05) is 23.2 Å². The number of carbonyl (C=O) groups excluding carboxylic acids is 2.